The molecule has 0 unspecified atom stereocenters. The largest absolute Gasteiger partial charge is 0.497 e. The number of esters is 1. The summed E-state index contributed by atoms with van der Waals surface area (Å²) in [7, 11) is 1.57. The van der Waals surface area contributed by atoms with Crippen molar-refractivity contribution in [3.63, 3.8) is 0 Å². The van der Waals surface area contributed by atoms with E-state index in [1.54, 1.807) is 26.2 Å². The van der Waals surface area contributed by atoms with Crippen LogP contribution < -0.4 is 4.74 Å². The Labute approximate surface area is 157 Å². The normalized spacial score (nSPS) is 19.4. The van der Waals surface area contributed by atoms with Gasteiger partial charge in [-0.05, 0) is 60.4 Å². The van der Waals surface area contributed by atoms with Gasteiger partial charge in [0.05, 0.1) is 13.7 Å². The van der Waals surface area contributed by atoms with Gasteiger partial charge in [-0.15, -0.1) is 0 Å². The maximum Gasteiger partial charge on any atom is 0.317 e. The van der Waals surface area contributed by atoms with Gasteiger partial charge in [0, 0.05) is 5.92 Å². The van der Waals surface area contributed by atoms with Gasteiger partial charge in [0.25, 0.3) is 0 Å². The lowest BCUT2D eigenvalue weighted by atomic mass is 9.73. The molecule has 0 bridgehead atoms. The Bertz CT molecular complexity index is 870. The summed E-state index contributed by atoms with van der Waals surface area (Å²) < 4.78 is 23.7. The van der Waals surface area contributed by atoms with Gasteiger partial charge in [-0.1, -0.05) is 24.3 Å². The summed E-state index contributed by atoms with van der Waals surface area (Å²) in [4.78, 5) is 25.3. The molecule has 2 aromatic rings. The lowest BCUT2D eigenvalue weighted by Crippen LogP contribution is -2.34. The average Bonchev–Trinajstić information content (AvgIpc) is 2.68. The highest BCUT2D eigenvalue weighted by Crippen LogP contribution is 2.41. The Balaban J connectivity index is 2.02. The fourth-order valence-corrected chi connectivity index (χ4v) is 3.43. The summed E-state index contributed by atoms with van der Waals surface area (Å²) in [5.74, 6) is -1.79. The molecule has 140 valence electrons. The van der Waals surface area contributed by atoms with E-state index in [-0.39, 0.29) is 24.1 Å². The summed E-state index contributed by atoms with van der Waals surface area (Å²) in [5.41, 5.74) is 2.36. The number of carbonyl (C=O) groups excluding carboxylic acids is 2. The Morgan fingerprint density at radius 1 is 1.19 bits per heavy atom. The summed E-state index contributed by atoms with van der Waals surface area (Å²) in [5, 5.41) is 0. The van der Waals surface area contributed by atoms with Crippen molar-refractivity contribution in [3.05, 3.63) is 71.6 Å². The van der Waals surface area contributed by atoms with Crippen molar-refractivity contribution in [1.82, 2.24) is 0 Å². The van der Waals surface area contributed by atoms with Gasteiger partial charge >= 0.3 is 5.97 Å². The van der Waals surface area contributed by atoms with Crippen molar-refractivity contribution in [1.29, 1.82) is 0 Å². The minimum absolute atomic E-state index is 0.210. The van der Waals surface area contributed by atoms with Crippen LogP contribution in [0.15, 0.2) is 54.6 Å². The molecule has 0 fully saturated rings. The van der Waals surface area contributed by atoms with Crippen LogP contribution >= 0.6 is 0 Å². The number of carbonyl (C=O) groups is 2. The van der Waals surface area contributed by atoms with Gasteiger partial charge in [-0.3, -0.25) is 9.59 Å². The number of benzene rings is 2. The third kappa shape index (κ3) is 4.08. The molecule has 3 rings (SSSR count). The van der Waals surface area contributed by atoms with Gasteiger partial charge in [0.1, 0.15) is 17.5 Å². The monoisotopic (exact) mass is 368 g/mol. The van der Waals surface area contributed by atoms with Crippen LogP contribution in [0.3, 0.4) is 0 Å². The highest BCUT2D eigenvalue weighted by Gasteiger charge is 2.39. The van der Waals surface area contributed by atoms with Crippen molar-refractivity contribution in [2.75, 3.05) is 13.7 Å². The lowest BCUT2D eigenvalue weighted by molar-refractivity contribution is -0.151. The van der Waals surface area contributed by atoms with Crippen LogP contribution in [-0.4, -0.2) is 25.5 Å². The van der Waals surface area contributed by atoms with E-state index in [0.717, 1.165) is 16.7 Å². The molecule has 1 aliphatic carbocycles. The fraction of sp³-hybridized carbons (Fsp3) is 0.273. The van der Waals surface area contributed by atoms with Crippen LogP contribution in [0.4, 0.5) is 4.39 Å². The second-order valence-corrected chi connectivity index (χ2v) is 6.40. The van der Waals surface area contributed by atoms with Crippen LogP contribution in [0.25, 0.3) is 5.57 Å². The van der Waals surface area contributed by atoms with Gasteiger partial charge < -0.3 is 9.47 Å². The Kier molecular flexibility index (Phi) is 5.69. The second kappa shape index (κ2) is 8.16. The number of hydrogen-bond acceptors (Lipinski definition) is 4. The molecule has 0 heterocycles. The molecule has 0 saturated heterocycles. The van der Waals surface area contributed by atoms with Crippen LogP contribution in [0.2, 0.25) is 0 Å². The molecule has 2 atom stereocenters. The second-order valence-electron chi connectivity index (χ2n) is 6.40. The summed E-state index contributed by atoms with van der Waals surface area (Å²) in [6.45, 7) is 1.92. The number of hydrogen-bond donors (Lipinski definition) is 0. The molecule has 1 aliphatic rings. The van der Waals surface area contributed by atoms with Crippen LogP contribution in [0.1, 0.15) is 30.4 Å². The van der Waals surface area contributed by atoms with E-state index in [2.05, 4.69) is 0 Å². The van der Waals surface area contributed by atoms with E-state index in [1.165, 1.54) is 18.2 Å². The van der Waals surface area contributed by atoms with Crippen LogP contribution in [-0.2, 0) is 14.3 Å². The molecule has 2 aromatic carbocycles. The molecule has 0 saturated carbocycles. The number of ketones is 1. The van der Waals surface area contributed by atoms with E-state index in [4.69, 9.17) is 9.47 Å². The molecule has 0 aromatic heterocycles. The van der Waals surface area contributed by atoms with Crippen molar-refractivity contribution < 1.29 is 23.5 Å². The van der Waals surface area contributed by atoms with E-state index < -0.39 is 11.9 Å². The molecule has 4 nitrogen and oxygen atoms in total. The minimum Gasteiger partial charge on any atom is -0.497 e. The quantitative estimate of drug-likeness (QED) is 0.588. The number of allylic oxidation sites excluding steroid dienone is 2. The minimum atomic E-state index is -0.902. The molecule has 0 aliphatic heterocycles. The summed E-state index contributed by atoms with van der Waals surface area (Å²) in [6.07, 6.45) is 1.94. The van der Waals surface area contributed by atoms with Crippen LogP contribution in [0.5, 0.6) is 5.75 Å². The molecular formula is C22H21FO4. The predicted molar refractivity (Wildman–Crippen MR) is 99.9 cm³/mol. The fourth-order valence-electron chi connectivity index (χ4n) is 3.43. The Morgan fingerprint density at radius 2 is 1.93 bits per heavy atom. The number of methoxy groups -OCH3 is 1. The molecule has 5 heteroatoms. The van der Waals surface area contributed by atoms with Gasteiger partial charge in [0.2, 0.25) is 0 Å². The molecule has 0 amide bonds. The number of rotatable bonds is 5. The number of halogens is 1. The Hall–Kier alpha value is -2.95. The predicted octanol–water partition coefficient (Wildman–Crippen LogP) is 4.15. The molecule has 27 heavy (non-hydrogen) atoms. The summed E-state index contributed by atoms with van der Waals surface area (Å²) >= 11 is 0. The molecule has 0 N–H and O–H groups in total. The van der Waals surface area contributed by atoms with E-state index in [1.807, 2.05) is 24.3 Å². The zero-order valence-electron chi connectivity index (χ0n) is 15.3. The zero-order chi connectivity index (χ0) is 19.4. The van der Waals surface area contributed by atoms with Crippen molar-refractivity contribution in [2.45, 2.75) is 19.3 Å². The SMILES string of the molecule is CCOC(=O)[C@@H]1C(=O)C=C(c2ccc(F)cc2)C[C@@H]1c1cccc(OC)c1. The van der Waals surface area contributed by atoms with Crippen molar-refractivity contribution >= 4 is 17.3 Å². The zero-order valence-corrected chi connectivity index (χ0v) is 15.3. The van der Waals surface area contributed by atoms with Crippen molar-refractivity contribution in [3.8, 4) is 5.75 Å². The summed E-state index contributed by atoms with van der Waals surface area (Å²) in [6, 6.07) is 13.3. The number of ether oxygens (including phenoxy) is 2. The first-order valence-electron chi connectivity index (χ1n) is 8.84. The van der Waals surface area contributed by atoms with E-state index in [0.29, 0.717) is 12.2 Å². The lowest BCUT2D eigenvalue weighted by Gasteiger charge is -2.29. The third-order valence-corrected chi connectivity index (χ3v) is 4.74. The Morgan fingerprint density at radius 3 is 2.59 bits per heavy atom. The van der Waals surface area contributed by atoms with Crippen molar-refractivity contribution in [2.24, 2.45) is 5.92 Å². The maximum absolute atomic E-state index is 13.2. The van der Waals surface area contributed by atoms with E-state index >= 15 is 0 Å². The maximum atomic E-state index is 13.2. The first kappa shape index (κ1) is 18.8. The molecule has 0 radical (unpaired) electrons. The van der Waals surface area contributed by atoms with Crippen LogP contribution in [0, 0.1) is 11.7 Å². The van der Waals surface area contributed by atoms with Gasteiger partial charge in [-0.25, -0.2) is 4.39 Å². The standard InChI is InChI=1S/C22H21FO4/c1-3-27-22(25)21-19(15-5-4-6-18(11-15)26-2)12-16(13-20(21)24)14-7-9-17(23)10-8-14/h4-11,13,19,21H,3,12H2,1-2H3/t19-,21+/m1/s1. The average molecular weight is 368 g/mol. The first-order valence-corrected chi connectivity index (χ1v) is 8.84. The first-order chi connectivity index (χ1) is 13.0. The highest BCUT2D eigenvalue weighted by atomic mass is 19.1. The molecule has 0 spiro atoms. The molecular weight excluding hydrogens is 347 g/mol. The van der Waals surface area contributed by atoms with E-state index in [9.17, 15) is 14.0 Å². The van der Waals surface area contributed by atoms with Gasteiger partial charge in [0.15, 0.2) is 5.78 Å². The van der Waals surface area contributed by atoms with Gasteiger partial charge in [-0.2, -0.15) is 0 Å². The highest BCUT2D eigenvalue weighted by molar-refractivity contribution is 6.10. The third-order valence-electron chi connectivity index (χ3n) is 4.74. The topological polar surface area (TPSA) is 52.6 Å². The smallest absolute Gasteiger partial charge is 0.317 e.